The summed E-state index contributed by atoms with van der Waals surface area (Å²) >= 11 is 0. The van der Waals surface area contributed by atoms with Crippen molar-refractivity contribution in [2.24, 2.45) is 0 Å². The molecular weight excluding hydrogens is 336 g/mol. The molecule has 2 N–H and O–H groups in total. The summed E-state index contributed by atoms with van der Waals surface area (Å²) in [6.45, 7) is 9.97. The number of aromatic nitrogens is 3. The first-order valence-electron chi connectivity index (χ1n) is 9.25. The van der Waals surface area contributed by atoms with Crippen LogP contribution in [0.25, 0.3) is 0 Å². The van der Waals surface area contributed by atoms with Crippen molar-refractivity contribution in [3.8, 4) is 0 Å². The molecule has 3 aromatic rings. The van der Waals surface area contributed by atoms with Crippen molar-refractivity contribution in [2.75, 3.05) is 28.6 Å². The summed E-state index contributed by atoms with van der Waals surface area (Å²) in [7, 11) is 0. The van der Waals surface area contributed by atoms with Gasteiger partial charge in [-0.25, -0.2) is 0 Å². The maximum Gasteiger partial charge on any atom is 0.233 e. The van der Waals surface area contributed by atoms with Crippen molar-refractivity contribution in [1.29, 1.82) is 0 Å². The van der Waals surface area contributed by atoms with Gasteiger partial charge in [0.05, 0.1) is 0 Å². The van der Waals surface area contributed by atoms with E-state index >= 15 is 0 Å². The summed E-state index contributed by atoms with van der Waals surface area (Å²) in [6.07, 6.45) is 0. The van der Waals surface area contributed by atoms with Gasteiger partial charge in [-0.15, -0.1) is 0 Å². The molecule has 0 amide bonds. The van der Waals surface area contributed by atoms with Crippen LogP contribution in [0.3, 0.4) is 0 Å². The summed E-state index contributed by atoms with van der Waals surface area (Å²) < 4.78 is 0. The zero-order valence-electron chi connectivity index (χ0n) is 16.3. The molecule has 0 spiro atoms. The van der Waals surface area contributed by atoms with Crippen LogP contribution in [0.4, 0.5) is 29.2 Å². The van der Waals surface area contributed by atoms with E-state index in [-0.39, 0.29) is 0 Å². The second-order valence-corrected chi connectivity index (χ2v) is 6.44. The van der Waals surface area contributed by atoms with E-state index in [0.29, 0.717) is 17.8 Å². The molecule has 1 aromatic heterocycles. The van der Waals surface area contributed by atoms with E-state index in [2.05, 4.69) is 82.4 Å². The van der Waals surface area contributed by atoms with E-state index in [0.717, 1.165) is 24.5 Å². The van der Waals surface area contributed by atoms with Gasteiger partial charge in [0.15, 0.2) is 0 Å². The Bertz CT molecular complexity index is 804. The molecule has 3 rings (SSSR count). The molecule has 0 aliphatic heterocycles. The van der Waals surface area contributed by atoms with Gasteiger partial charge in [-0.1, -0.05) is 35.4 Å². The zero-order valence-corrected chi connectivity index (χ0v) is 16.3. The lowest BCUT2D eigenvalue weighted by Gasteiger charge is -2.20. The molecule has 0 aliphatic rings. The van der Waals surface area contributed by atoms with Crippen molar-refractivity contribution < 1.29 is 0 Å². The predicted octanol–water partition coefficient (Wildman–Crippen LogP) is 4.82. The Morgan fingerprint density at radius 1 is 0.667 bits per heavy atom. The maximum atomic E-state index is 4.60. The molecule has 6 nitrogen and oxygen atoms in total. The highest BCUT2D eigenvalue weighted by atomic mass is 15.3. The van der Waals surface area contributed by atoms with Crippen molar-refractivity contribution in [1.82, 2.24) is 15.0 Å². The average molecular weight is 362 g/mol. The third kappa shape index (κ3) is 4.94. The minimum absolute atomic E-state index is 0.519. The lowest BCUT2D eigenvalue weighted by Crippen LogP contribution is -2.25. The highest BCUT2D eigenvalue weighted by Gasteiger charge is 2.12. The van der Waals surface area contributed by atoms with Gasteiger partial charge >= 0.3 is 0 Å². The first-order chi connectivity index (χ1) is 13.1. The Labute approximate surface area is 160 Å². The van der Waals surface area contributed by atoms with Crippen LogP contribution in [-0.4, -0.2) is 28.0 Å². The second kappa shape index (κ2) is 8.49. The number of benzene rings is 2. The fourth-order valence-corrected chi connectivity index (χ4v) is 2.66. The van der Waals surface area contributed by atoms with Crippen molar-refractivity contribution in [3.05, 3.63) is 59.7 Å². The molecule has 140 valence electrons. The standard InChI is InChI=1S/C21H26N6/c1-5-27(6-2)21-25-19(22-17-11-7-15(3)8-12-17)24-20(26-21)23-18-13-9-16(4)10-14-18/h7-14H,5-6H2,1-4H3,(H2,22,23,24,25,26). The minimum Gasteiger partial charge on any atom is -0.341 e. The number of hydrogen-bond acceptors (Lipinski definition) is 6. The van der Waals surface area contributed by atoms with E-state index in [9.17, 15) is 0 Å². The van der Waals surface area contributed by atoms with E-state index in [1.54, 1.807) is 0 Å². The number of nitrogens with one attached hydrogen (secondary N) is 2. The number of hydrogen-bond donors (Lipinski definition) is 2. The molecule has 0 aliphatic carbocycles. The molecule has 2 aromatic carbocycles. The third-order valence-corrected chi connectivity index (χ3v) is 4.29. The second-order valence-electron chi connectivity index (χ2n) is 6.44. The zero-order chi connectivity index (χ0) is 19.2. The molecule has 1 heterocycles. The van der Waals surface area contributed by atoms with Gasteiger partial charge in [0.25, 0.3) is 0 Å². The summed E-state index contributed by atoms with van der Waals surface area (Å²) in [5, 5.41) is 6.56. The van der Waals surface area contributed by atoms with Crippen molar-refractivity contribution >= 4 is 29.2 Å². The van der Waals surface area contributed by atoms with Gasteiger partial charge < -0.3 is 15.5 Å². The number of rotatable bonds is 7. The third-order valence-electron chi connectivity index (χ3n) is 4.29. The molecule has 0 unspecified atom stereocenters. The first-order valence-corrected chi connectivity index (χ1v) is 9.25. The molecular formula is C21H26N6. The van der Waals surface area contributed by atoms with Crippen LogP contribution < -0.4 is 15.5 Å². The molecule has 0 atom stereocenters. The Morgan fingerprint density at radius 3 is 1.44 bits per heavy atom. The normalized spacial score (nSPS) is 10.5. The van der Waals surface area contributed by atoms with E-state index in [4.69, 9.17) is 0 Å². The van der Waals surface area contributed by atoms with E-state index in [1.165, 1.54) is 11.1 Å². The van der Waals surface area contributed by atoms with Crippen LogP contribution in [0.5, 0.6) is 0 Å². The van der Waals surface area contributed by atoms with E-state index < -0.39 is 0 Å². The number of aryl methyl sites for hydroxylation is 2. The lowest BCUT2D eigenvalue weighted by atomic mass is 10.2. The van der Waals surface area contributed by atoms with Crippen molar-refractivity contribution in [2.45, 2.75) is 27.7 Å². The number of nitrogens with zero attached hydrogens (tertiary/aromatic N) is 4. The fraction of sp³-hybridized carbons (Fsp3) is 0.286. The van der Waals surface area contributed by atoms with Crippen LogP contribution in [0.15, 0.2) is 48.5 Å². The maximum absolute atomic E-state index is 4.60. The predicted molar refractivity (Wildman–Crippen MR) is 112 cm³/mol. The van der Waals surface area contributed by atoms with Crippen LogP contribution in [0.1, 0.15) is 25.0 Å². The SMILES string of the molecule is CCN(CC)c1nc(Nc2ccc(C)cc2)nc(Nc2ccc(C)cc2)n1. The summed E-state index contributed by atoms with van der Waals surface area (Å²) in [5.41, 5.74) is 4.31. The smallest absolute Gasteiger partial charge is 0.233 e. The Kier molecular flexibility index (Phi) is 5.86. The number of anilines is 5. The lowest BCUT2D eigenvalue weighted by molar-refractivity contribution is 0.816. The van der Waals surface area contributed by atoms with Gasteiger partial charge in [-0.05, 0) is 52.0 Å². The Hall–Kier alpha value is -3.15. The highest BCUT2D eigenvalue weighted by molar-refractivity contribution is 5.59. The monoisotopic (exact) mass is 362 g/mol. The van der Waals surface area contributed by atoms with Gasteiger partial charge in [0.1, 0.15) is 0 Å². The van der Waals surface area contributed by atoms with Crippen LogP contribution in [-0.2, 0) is 0 Å². The van der Waals surface area contributed by atoms with Gasteiger partial charge in [-0.2, -0.15) is 15.0 Å². The summed E-state index contributed by atoms with van der Waals surface area (Å²) in [5.74, 6) is 1.69. The summed E-state index contributed by atoms with van der Waals surface area (Å²) in [4.78, 5) is 15.9. The summed E-state index contributed by atoms with van der Waals surface area (Å²) in [6, 6.07) is 16.3. The molecule has 0 bridgehead atoms. The minimum atomic E-state index is 0.519. The molecule has 0 radical (unpaired) electrons. The largest absolute Gasteiger partial charge is 0.341 e. The average Bonchev–Trinajstić information content (AvgIpc) is 2.66. The Balaban J connectivity index is 1.92. The quantitative estimate of drug-likeness (QED) is 0.628. The van der Waals surface area contributed by atoms with E-state index in [1.807, 2.05) is 24.3 Å². The molecule has 0 saturated carbocycles. The molecule has 0 saturated heterocycles. The molecule has 6 heteroatoms. The Morgan fingerprint density at radius 2 is 1.07 bits per heavy atom. The van der Waals surface area contributed by atoms with Crippen LogP contribution in [0, 0.1) is 13.8 Å². The van der Waals surface area contributed by atoms with Gasteiger partial charge in [0.2, 0.25) is 17.8 Å². The van der Waals surface area contributed by atoms with Crippen molar-refractivity contribution in [3.63, 3.8) is 0 Å². The fourth-order valence-electron chi connectivity index (χ4n) is 2.66. The van der Waals surface area contributed by atoms with Crippen LogP contribution in [0.2, 0.25) is 0 Å². The first kappa shape index (κ1) is 18.6. The van der Waals surface area contributed by atoms with Gasteiger partial charge in [0, 0.05) is 24.5 Å². The molecule has 0 fully saturated rings. The topological polar surface area (TPSA) is 66.0 Å². The molecule has 27 heavy (non-hydrogen) atoms. The van der Waals surface area contributed by atoms with Gasteiger partial charge in [-0.3, -0.25) is 0 Å². The van der Waals surface area contributed by atoms with Crippen LogP contribution >= 0.6 is 0 Å². The highest BCUT2D eigenvalue weighted by Crippen LogP contribution is 2.20.